The molecule has 152 valence electrons. The molecule has 0 bridgehead atoms. The Kier molecular flexibility index (Phi) is 4.91. The highest BCUT2D eigenvalue weighted by Crippen LogP contribution is 2.41. The van der Waals surface area contributed by atoms with Crippen LogP contribution in [0.5, 0.6) is 0 Å². The van der Waals surface area contributed by atoms with Crippen LogP contribution in [0, 0.1) is 6.92 Å². The first kappa shape index (κ1) is 18.9. The van der Waals surface area contributed by atoms with E-state index in [0.717, 1.165) is 24.2 Å². The summed E-state index contributed by atoms with van der Waals surface area (Å²) in [6, 6.07) is 1.78. The Morgan fingerprint density at radius 1 is 1.31 bits per heavy atom. The molecule has 0 aromatic carbocycles. The van der Waals surface area contributed by atoms with Crippen LogP contribution >= 0.6 is 0 Å². The van der Waals surface area contributed by atoms with Crippen LogP contribution in [0.1, 0.15) is 51.8 Å². The van der Waals surface area contributed by atoms with Crippen LogP contribution in [0.4, 0.5) is 0 Å². The summed E-state index contributed by atoms with van der Waals surface area (Å²) in [5, 5.41) is 17.5. The van der Waals surface area contributed by atoms with Crippen molar-refractivity contribution in [2.24, 2.45) is 0 Å². The molecule has 10 nitrogen and oxygen atoms in total. The second-order valence-corrected chi connectivity index (χ2v) is 7.35. The van der Waals surface area contributed by atoms with Crippen LogP contribution in [0.2, 0.25) is 0 Å². The number of fused-ring (bicyclic) bond motifs is 2. The summed E-state index contributed by atoms with van der Waals surface area (Å²) in [5.74, 6) is 0.333. The van der Waals surface area contributed by atoms with Crippen molar-refractivity contribution in [1.82, 2.24) is 29.7 Å². The minimum Gasteiger partial charge on any atom is -0.483 e. The van der Waals surface area contributed by atoms with Crippen molar-refractivity contribution in [2.75, 3.05) is 13.1 Å². The van der Waals surface area contributed by atoms with Crippen LogP contribution in [-0.2, 0) is 17.6 Å². The second-order valence-electron chi connectivity index (χ2n) is 7.35. The predicted octanol–water partition coefficient (Wildman–Crippen LogP) is 0.873. The fourth-order valence-electron chi connectivity index (χ4n) is 3.80. The second kappa shape index (κ2) is 7.53. The fourth-order valence-corrected chi connectivity index (χ4v) is 3.80. The van der Waals surface area contributed by atoms with E-state index >= 15 is 0 Å². The monoisotopic (exact) mass is 398 g/mol. The van der Waals surface area contributed by atoms with Gasteiger partial charge in [-0.1, -0.05) is 0 Å². The summed E-state index contributed by atoms with van der Waals surface area (Å²) in [4.78, 5) is 40.0. The molecule has 3 aromatic heterocycles. The Hall–Kier alpha value is -3.43. The van der Waals surface area contributed by atoms with E-state index in [1.807, 2.05) is 6.92 Å². The first-order valence-electron chi connectivity index (χ1n) is 9.54. The highest BCUT2D eigenvalue weighted by molar-refractivity contribution is 5.93. The Bertz CT molecular complexity index is 1120. The zero-order chi connectivity index (χ0) is 20.5. The van der Waals surface area contributed by atoms with Gasteiger partial charge in [-0.3, -0.25) is 24.6 Å². The van der Waals surface area contributed by atoms with Crippen molar-refractivity contribution < 1.29 is 14.7 Å². The lowest BCUT2D eigenvalue weighted by molar-refractivity contribution is -0.122. The summed E-state index contributed by atoms with van der Waals surface area (Å²) in [7, 11) is 0. The van der Waals surface area contributed by atoms with Gasteiger partial charge in [-0.15, -0.1) is 0 Å². The van der Waals surface area contributed by atoms with Crippen molar-refractivity contribution in [3.05, 3.63) is 50.8 Å². The Morgan fingerprint density at radius 2 is 2.03 bits per heavy atom. The lowest BCUT2D eigenvalue weighted by atomic mass is 10.1. The molecule has 1 fully saturated rings. The molecule has 1 aliphatic heterocycles. The largest absolute Gasteiger partial charge is 0.483 e. The Balaban J connectivity index is 0.000000645. The highest BCUT2D eigenvalue weighted by Gasteiger charge is 2.32. The van der Waals surface area contributed by atoms with Crippen LogP contribution in [0.15, 0.2) is 17.1 Å². The number of hydrogen-bond acceptors (Lipinski definition) is 5. The lowest BCUT2D eigenvalue weighted by Crippen LogP contribution is -2.37. The van der Waals surface area contributed by atoms with Crippen LogP contribution in [0.25, 0.3) is 5.65 Å². The first-order valence-corrected chi connectivity index (χ1v) is 9.54. The summed E-state index contributed by atoms with van der Waals surface area (Å²) >= 11 is 0. The highest BCUT2D eigenvalue weighted by atomic mass is 16.3. The first-order chi connectivity index (χ1) is 14.0. The van der Waals surface area contributed by atoms with Crippen molar-refractivity contribution in [3.8, 4) is 0 Å². The van der Waals surface area contributed by atoms with Gasteiger partial charge in [-0.2, -0.15) is 5.10 Å². The number of carbonyl (C=O) groups is 2. The average Bonchev–Trinajstić information content (AvgIpc) is 3.40. The third-order valence-corrected chi connectivity index (χ3v) is 5.35. The van der Waals surface area contributed by atoms with Gasteiger partial charge in [0, 0.05) is 49.1 Å². The third-order valence-electron chi connectivity index (χ3n) is 5.35. The van der Waals surface area contributed by atoms with Crippen molar-refractivity contribution in [1.29, 1.82) is 0 Å². The van der Waals surface area contributed by atoms with Crippen molar-refractivity contribution in [3.63, 3.8) is 0 Å². The van der Waals surface area contributed by atoms with E-state index in [1.165, 1.54) is 34.8 Å². The molecule has 0 spiro atoms. The van der Waals surface area contributed by atoms with E-state index in [4.69, 9.17) is 9.90 Å². The van der Waals surface area contributed by atoms with Gasteiger partial charge in [0.05, 0.1) is 5.69 Å². The van der Waals surface area contributed by atoms with Crippen molar-refractivity contribution in [2.45, 2.75) is 38.5 Å². The number of H-pyrrole nitrogens is 2. The zero-order valence-corrected chi connectivity index (χ0v) is 16.0. The number of aromatic amines is 2. The molecule has 29 heavy (non-hydrogen) atoms. The molecule has 0 atom stereocenters. The standard InChI is InChI=1S/C18H20N6O2.CH2O2/c1-10-8-15-19-9-13(18(26)24(15)22-10)17(25)23-6-4-12-14(5-7-23)20-21-16(12)11-2-3-11;2-1-3/h8-9,11,22H,2-7H2,1H3,(H,20,21);1H,(H,2,3). The molecule has 1 saturated carbocycles. The van der Waals surface area contributed by atoms with Crippen molar-refractivity contribution >= 4 is 18.0 Å². The van der Waals surface area contributed by atoms with Gasteiger partial charge in [0.25, 0.3) is 17.9 Å². The molecule has 3 N–H and O–H groups in total. The van der Waals surface area contributed by atoms with E-state index < -0.39 is 0 Å². The molecular weight excluding hydrogens is 376 g/mol. The number of carbonyl (C=O) groups excluding carboxylic acids is 1. The zero-order valence-electron chi connectivity index (χ0n) is 16.0. The summed E-state index contributed by atoms with van der Waals surface area (Å²) < 4.78 is 1.33. The average molecular weight is 398 g/mol. The number of amides is 1. The number of nitrogens with one attached hydrogen (secondary N) is 2. The number of rotatable bonds is 2. The van der Waals surface area contributed by atoms with E-state index in [-0.39, 0.29) is 23.5 Å². The number of hydrogen-bond donors (Lipinski definition) is 3. The summed E-state index contributed by atoms with van der Waals surface area (Å²) in [6.45, 7) is 2.77. The topological polar surface area (TPSA) is 136 Å². The molecule has 2 aliphatic rings. The Morgan fingerprint density at radius 3 is 2.76 bits per heavy atom. The van der Waals surface area contributed by atoms with Gasteiger partial charge in [0.15, 0.2) is 5.65 Å². The molecule has 1 aliphatic carbocycles. The number of nitrogens with zero attached hydrogens (tertiary/aromatic N) is 4. The molecule has 1 amide bonds. The fraction of sp³-hybridized carbons (Fsp3) is 0.421. The molecule has 0 unspecified atom stereocenters. The molecule has 0 radical (unpaired) electrons. The van der Waals surface area contributed by atoms with Gasteiger partial charge in [-0.05, 0) is 31.7 Å². The lowest BCUT2D eigenvalue weighted by Gasteiger charge is -2.19. The van der Waals surface area contributed by atoms with Gasteiger partial charge in [0.1, 0.15) is 5.56 Å². The molecule has 10 heteroatoms. The van der Waals surface area contributed by atoms with E-state index in [1.54, 1.807) is 11.0 Å². The van der Waals surface area contributed by atoms with Gasteiger partial charge < -0.3 is 10.0 Å². The summed E-state index contributed by atoms with van der Waals surface area (Å²) in [6.07, 6.45) is 5.33. The van der Waals surface area contributed by atoms with Crippen LogP contribution in [0.3, 0.4) is 0 Å². The van der Waals surface area contributed by atoms with Gasteiger partial charge in [-0.25, -0.2) is 9.50 Å². The maximum Gasteiger partial charge on any atom is 0.290 e. The smallest absolute Gasteiger partial charge is 0.290 e. The predicted molar refractivity (Wildman–Crippen MR) is 103 cm³/mol. The van der Waals surface area contributed by atoms with Crippen LogP contribution in [-0.4, -0.2) is 60.3 Å². The van der Waals surface area contributed by atoms with Crippen LogP contribution < -0.4 is 5.56 Å². The minimum absolute atomic E-state index is 0.107. The van der Waals surface area contributed by atoms with E-state index in [0.29, 0.717) is 24.7 Å². The molecule has 4 heterocycles. The maximum atomic E-state index is 13.0. The SMILES string of the molecule is Cc1cc2ncc(C(=O)N3CCc4[nH]nc(C5CC5)c4CC3)c(=O)n2[nH]1.O=CO. The van der Waals surface area contributed by atoms with Gasteiger partial charge >= 0.3 is 0 Å². The Labute approximate surface area is 165 Å². The molecule has 5 rings (SSSR count). The minimum atomic E-state index is -0.351. The number of carboxylic acid groups (broad SMARTS) is 1. The third kappa shape index (κ3) is 3.53. The van der Waals surface area contributed by atoms with E-state index in [2.05, 4.69) is 20.3 Å². The normalized spacial score (nSPS) is 16.0. The maximum absolute atomic E-state index is 13.0. The molecule has 3 aromatic rings. The summed E-state index contributed by atoms with van der Waals surface area (Å²) in [5.41, 5.74) is 4.69. The molecular formula is C19H22N6O4. The number of aromatic nitrogens is 5. The molecule has 0 saturated heterocycles. The van der Waals surface area contributed by atoms with E-state index in [9.17, 15) is 9.59 Å². The number of aryl methyl sites for hydroxylation is 1. The quantitative estimate of drug-likeness (QED) is 0.548. The van der Waals surface area contributed by atoms with Gasteiger partial charge in [0.2, 0.25) is 0 Å².